The number of alkyl halides is 3. The van der Waals surface area contributed by atoms with E-state index in [4.69, 9.17) is 4.42 Å². The number of fused-ring (bicyclic) bond motifs is 1. The van der Waals surface area contributed by atoms with E-state index < -0.39 is 23.1 Å². The van der Waals surface area contributed by atoms with Gasteiger partial charge < -0.3 is 9.32 Å². The second-order valence-electron chi connectivity index (χ2n) is 6.29. The fourth-order valence-electron chi connectivity index (χ4n) is 3.20. The van der Waals surface area contributed by atoms with Crippen LogP contribution in [0.3, 0.4) is 0 Å². The average molecular weight is 347 g/mol. The molecule has 1 aliphatic carbocycles. The maximum Gasteiger partial charge on any atom is 0.416 e. The van der Waals surface area contributed by atoms with Gasteiger partial charge in [0.1, 0.15) is 5.41 Å². The number of halogens is 3. The van der Waals surface area contributed by atoms with Crippen LogP contribution in [0.2, 0.25) is 0 Å². The number of amides is 1. The third-order valence-electron chi connectivity index (χ3n) is 4.75. The van der Waals surface area contributed by atoms with E-state index in [2.05, 4.69) is 4.98 Å². The SMILES string of the molecule is N#CC1(C(=O)N2CCc3c(-c4cnco4)cc(C(F)(F)F)cc32)CC1. The summed E-state index contributed by atoms with van der Waals surface area (Å²) in [5.74, 6) is -0.199. The average Bonchev–Trinajstić information content (AvgIpc) is 3.00. The highest BCUT2D eigenvalue weighted by Crippen LogP contribution is 2.49. The highest BCUT2D eigenvalue weighted by atomic mass is 19.4. The number of rotatable bonds is 2. The summed E-state index contributed by atoms with van der Waals surface area (Å²) in [6.07, 6.45) is -0.777. The molecule has 0 radical (unpaired) electrons. The highest BCUT2D eigenvalue weighted by molar-refractivity contribution is 6.03. The van der Waals surface area contributed by atoms with E-state index in [-0.39, 0.29) is 23.6 Å². The molecular weight excluding hydrogens is 335 g/mol. The number of benzene rings is 1. The first-order chi connectivity index (χ1) is 11.9. The molecule has 1 fully saturated rings. The summed E-state index contributed by atoms with van der Waals surface area (Å²) in [6.45, 7) is 0.250. The predicted octanol–water partition coefficient (Wildman–Crippen LogP) is 3.55. The topological polar surface area (TPSA) is 70.1 Å². The van der Waals surface area contributed by atoms with Crippen molar-refractivity contribution in [1.29, 1.82) is 5.26 Å². The van der Waals surface area contributed by atoms with Gasteiger partial charge >= 0.3 is 6.18 Å². The molecule has 0 saturated heterocycles. The second kappa shape index (κ2) is 5.09. The van der Waals surface area contributed by atoms with Crippen LogP contribution >= 0.6 is 0 Å². The molecule has 1 aromatic heterocycles. The molecule has 0 spiro atoms. The Balaban J connectivity index is 1.86. The van der Waals surface area contributed by atoms with Crippen molar-refractivity contribution in [3.63, 3.8) is 0 Å². The van der Waals surface area contributed by atoms with Gasteiger partial charge in [0.15, 0.2) is 12.2 Å². The van der Waals surface area contributed by atoms with Crippen LogP contribution in [0.4, 0.5) is 18.9 Å². The standard InChI is InChI=1S/C17H12F3N3O2/c18-17(19,20)10-5-12(14-7-22-9-25-14)11-1-4-23(13(11)6-10)15(24)16(8-21)2-3-16/h5-7,9H,1-4H2. The minimum absolute atomic E-state index is 0.202. The van der Waals surface area contributed by atoms with Gasteiger partial charge in [0.25, 0.3) is 0 Å². The lowest BCUT2D eigenvalue weighted by Crippen LogP contribution is -2.35. The fraction of sp³-hybridized carbons (Fsp3) is 0.353. The highest BCUT2D eigenvalue weighted by Gasteiger charge is 2.54. The summed E-state index contributed by atoms with van der Waals surface area (Å²) in [5.41, 5.74) is -0.861. The first kappa shape index (κ1) is 15.7. The lowest BCUT2D eigenvalue weighted by Gasteiger charge is -2.21. The molecule has 0 N–H and O–H groups in total. The first-order valence-corrected chi connectivity index (χ1v) is 7.72. The van der Waals surface area contributed by atoms with Crippen LogP contribution in [-0.2, 0) is 17.4 Å². The Kier molecular flexibility index (Phi) is 3.19. The summed E-state index contributed by atoms with van der Waals surface area (Å²) >= 11 is 0. The molecule has 0 bridgehead atoms. The lowest BCUT2D eigenvalue weighted by molar-refractivity contribution is -0.137. The van der Waals surface area contributed by atoms with Crippen molar-refractivity contribution in [2.45, 2.75) is 25.4 Å². The summed E-state index contributed by atoms with van der Waals surface area (Å²) in [6, 6.07) is 4.00. The second-order valence-corrected chi connectivity index (χ2v) is 6.29. The maximum absolute atomic E-state index is 13.3. The number of aromatic nitrogens is 1. The van der Waals surface area contributed by atoms with Crippen LogP contribution < -0.4 is 4.90 Å². The Morgan fingerprint density at radius 3 is 2.68 bits per heavy atom. The van der Waals surface area contributed by atoms with E-state index in [1.165, 1.54) is 11.1 Å². The van der Waals surface area contributed by atoms with Crippen molar-refractivity contribution >= 4 is 11.6 Å². The van der Waals surface area contributed by atoms with Crippen molar-refractivity contribution in [2.75, 3.05) is 11.4 Å². The molecular formula is C17H12F3N3O2. The molecule has 4 rings (SSSR count). The van der Waals surface area contributed by atoms with Gasteiger partial charge in [-0.05, 0) is 37.0 Å². The van der Waals surface area contributed by atoms with E-state index in [1.54, 1.807) is 0 Å². The van der Waals surface area contributed by atoms with Crippen LogP contribution in [0, 0.1) is 16.7 Å². The number of nitriles is 1. The van der Waals surface area contributed by atoms with Crippen LogP contribution in [0.25, 0.3) is 11.3 Å². The zero-order valence-electron chi connectivity index (χ0n) is 12.9. The Hall–Kier alpha value is -2.82. The smallest absolute Gasteiger partial charge is 0.416 e. The zero-order valence-corrected chi connectivity index (χ0v) is 12.9. The maximum atomic E-state index is 13.3. The molecule has 128 valence electrons. The van der Waals surface area contributed by atoms with Gasteiger partial charge in [-0.15, -0.1) is 0 Å². The lowest BCUT2D eigenvalue weighted by atomic mass is 9.99. The quantitative estimate of drug-likeness (QED) is 0.833. The van der Waals surface area contributed by atoms with Crippen LogP contribution in [0.1, 0.15) is 24.0 Å². The van der Waals surface area contributed by atoms with Crippen molar-refractivity contribution in [3.8, 4) is 17.4 Å². The monoisotopic (exact) mass is 347 g/mol. The summed E-state index contributed by atoms with van der Waals surface area (Å²) in [4.78, 5) is 17.7. The van der Waals surface area contributed by atoms with E-state index in [0.717, 1.165) is 18.5 Å². The van der Waals surface area contributed by atoms with Gasteiger partial charge in [0, 0.05) is 17.8 Å². The van der Waals surface area contributed by atoms with Crippen LogP contribution in [0.5, 0.6) is 0 Å². The van der Waals surface area contributed by atoms with Crippen molar-refractivity contribution < 1.29 is 22.4 Å². The van der Waals surface area contributed by atoms with Crippen molar-refractivity contribution in [2.24, 2.45) is 5.41 Å². The van der Waals surface area contributed by atoms with Gasteiger partial charge in [-0.1, -0.05) is 0 Å². The van der Waals surface area contributed by atoms with Gasteiger partial charge in [0.2, 0.25) is 5.91 Å². The van der Waals surface area contributed by atoms with E-state index in [9.17, 15) is 23.2 Å². The Labute approximate surface area is 140 Å². The number of nitrogens with zero attached hydrogens (tertiary/aromatic N) is 3. The van der Waals surface area contributed by atoms with Gasteiger partial charge in [-0.25, -0.2) is 4.98 Å². The number of hydrogen-bond donors (Lipinski definition) is 0. The van der Waals surface area contributed by atoms with E-state index in [1.807, 2.05) is 6.07 Å². The van der Waals surface area contributed by atoms with Gasteiger partial charge in [0.05, 0.1) is 17.8 Å². The molecule has 1 aliphatic heterocycles. The first-order valence-electron chi connectivity index (χ1n) is 7.72. The normalized spacial score (nSPS) is 17.9. The summed E-state index contributed by atoms with van der Waals surface area (Å²) in [5, 5.41) is 9.22. The molecule has 1 amide bonds. The molecule has 5 nitrogen and oxygen atoms in total. The molecule has 2 aliphatic rings. The fourth-order valence-corrected chi connectivity index (χ4v) is 3.20. The third-order valence-corrected chi connectivity index (χ3v) is 4.75. The van der Waals surface area contributed by atoms with Crippen molar-refractivity contribution in [1.82, 2.24) is 4.98 Å². The summed E-state index contributed by atoms with van der Waals surface area (Å²) < 4.78 is 45.1. The Morgan fingerprint density at radius 1 is 1.36 bits per heavy atom. The molecule has 1 aromatic carbocycles. The molecule has 8 heteroatoms. The zero-order chi connectivity index (χ0) is 17.8. The number of anilines is 1. The summed E-state index contributed by atoms with van der Waals surface area (Å²) in [7, 11) is 0. The van der Waals surface area contributed by atoms with E-state index >= 15 is 0 Å². The van der Waals surface area contributed by atoms with Crippen LogP contribution in [0.15, 0.2) is 29.1 Å². The van der Waals surface area contributed by atoms with Crippen LogP contribution in [-0.4, -0.2) is 17.4 Å². The van der Waals surface area contributed by atoms with Crippen molar-refractivity contribution in [3.05, 3.63) is 35.9 Å². The van der Waals surface area contributed by atoms with Gasteiger partial charge in [-0.3, -0.25) is 4.79 Å². The molecule has 1 saturated carbocycles. The molecule has 0 unspecified atom stereocenters. The van der Waals surface area contributed by atoms with Gasteiger partial charge in [-0.2, -0.15) is 18.4 Å². The molecule has 2 aromatic rings. The predicted molar refractivity (Wildman–Crippen MR) is 80.3 cm³/mol. The largest absolute Gasteiger partial charge is 0.444 e. The Bertz CT molecular complexity index is 893. The number of carbonyl (C=O) groups is 1. The molecule has 0 atom stereocenters. The molecule has 25 heavy (non-hydrogen) atoms. The number of carbonyl (C=O) groups excluding carboxylic acids is 1. The minimum atomic E-state index is -4.56. The minimum Gasteiger partial charge on any atom is -0.444 e. The Morgan fingerprint density at radius 2 is 2.12 bits per heavy atom. The molecule has 2 heterocycles. The van der Waals surface area contributed by atoms with E-state index in [0.29, 0.717) is 24.8 Å². The number of oxazole rings is 1. The third kappa shape index (κ3) is 2.38. The number of hydrogen-bond acceptors (Lipinski definition) is 4.